The van der Waals surface area contributed by atoms with Crippen LogP contribution in [0.2, 0.25) is 0 Å². The molecule has 0 radical (unpaired) electrons. The quantitative estimate of drug-likeness (QED) is 0.146. The molecule has 126 heavy (non-hydrogen) atoms. The second-order valence-electron chi connectivity index (χ2n) is 36.1. The maximum atomic E-state index is 2.42. The molecule has 0 nitrogen and oxygen atoms in total. The minimum Gasteiger partial charge on any atom is -0.143 e. The minimum atomic E-state index is 0.0463. The van der Waals surface area contributed by atoms with Gasteiger partial charge in [-0.3, -0.25) is 0 Å². The van der Waals surface area contributed by atoms with E-state index in [9.17, 15) is 0 Å². The van der Waals surface area contributed by atoms with Crippen molar-refractivity contribution >= 4 is 172 Å². The van der Waals surface area contributed by atoms with Gasteiger partial charge in [-0.1, -0.05) is 383 Å². The van der Waals surface area contributed by atoms with Crippen molar-refractivity contribution in [3.05, 3.63) is 432 Å². The second kappa shape index (κ2) is 28.6. The Balaban J connectivity index is 0.0000000925. The highest BCUT2D eigenvalue weighted by Gasteiger charge is 2.36. The van der Waals surface area contributed by atoms with E-state index in [0.717, 1.165) is 0 Å². The van der Waals surface area contributed by atoms with Crippen molar-refractivity contribution in [2.24, 2.45) is 0 Å². The Morgan fingerprint density at radius 1 is 0.198 bits per heavy atom. The molecule has 2 aliphatic rings. The number of benzene rings is 25. The number of hydrogen-bond donors (Lipinski definition) is 0. The number of thiophene rings is 1. The molecular weight excluding hydrogens is 1530 g/mol. The standard InChI is InChI=1S/C39H26.C32H24.C29H20.C25H16S/c1-25-11-18-34(37(23-25)27-8-3-2-4-9-27)33-20-15-29-16-21-35-32(19-14-28-17-22-36(33)39(29)38(28)35)31-13-12-26-7-5-6-10-30(26)24-31;1-19-8-9-20-12-16-26-24(15-11-21-10-14-23(19)30(20)31(21)26)22-13-17-29-27(18-22)25-6-4-5-7-28(25)32(29,2)3;1-17-5-6-20-12-16-26-24(15-11-21-9-13-22(17)28(20)29(21)26)23-14-10-19-8-7-18-3-2-4-25(23)27(18)19;1-15-6-7-16-10-13-21-19(22-14-26-23-5-3-2-4-20(22)23)12-9-17-8-11-18(15)24(16)25(17)21/h2-24H,1H3;4-18H,1-3H3;2-6,9-16H,7-8H2,1H3;2-14H,1H3. The predicted molar refractivity (Wildman–Crippen MR) is 548 cm³/mol. The largest absolute Gasteiger partial charge is 0.143 e. The fourth-order valence-electron chi connectivity index (χ4n) is 22.5. The van der Waals surface area contributed by atoms with Gasteiger partial charge in [0.05, 0.1) is 0 Å². The van der Waals surface area contributed by atoms with Gasteiger partial charge in [0, 0.05) is 21.1 Å². The zero-order chi connectivity index (χ0) is 83.9. The van der Waals surface area contributed by atoms with Gasteiger partial charge >= 0.3 is 0 Å². The highest BCUT2D eigenvalue weighted by atomic mass is 32.1. The number of rotatable bonds is 6. The first kappa shape index (κ1) is 73.8. The van der Waals surface area contributed by atoms with Crippen LogP contribution in [0.3, 0.4) is 0 Å². The van der Waals surface area contributed by atoms with Crippen LogP contribution in [0, 0.1) is 27.7 Å². The third-order valence-electron chi connectivity index (χ3n) is 28.8. The molecule has 1 aromatic heterocycles. The average Bonchev–Trinajstić information content (AvgIpc) is 1.00. The Bertz CT molecular complexity index is 8970. The van der Waals surface area contributed by atoms with E-state index in [1.165, 1.54) is 296 Å². The van der Waals surface area contributed by atoms with Gasteiger partial charge in [-0.15, -0.1) is 11.3 Å². The molecule has 592 valence electrons. The van der Waals surface area contributed by atoms with Crippen molar-refractivity contribution in [3.8, 4) is 77.9 Å². The molecule has 0 amide bonds. The Morgan fingerprint density at radius 3 is 1.13 bits per heavy atom. The molecule has 25 aromatic carbocycles. The topological polar surface area (TPSA) is 0 Å². The zero-order valence-electron chi connectivity index (χ0n) is 71.3. The second-order valence-corrected chi connectivity index (χ2v) is 37.0. The minimum absolute atomic E-state index is 0.0463. The summed E-state index contributed by atoms with van der Waals surface area (Å²) >= 11 is 1.83. The summed E-state index contributed by atoms with van der Waals surface area (Å²) in [6.07, 6.45) is 2.35. The summed E-state index contributed by atoms with van der Waals surface area (Å²) in [4.78, 5) is 0. The molecule has 0 fully saturated rings. The summed E-state index contributed by atoms with van der Waals surface area (Å²) in [5.74, 6) is 0. The number of fused-ring (bicyclic) bond motifs is 5. The van der Waals surface area contributed by atoms with Crippen LogP contribution in [0.25, 0.3) is 239 Å². The first-order valence-corrected chi connectivity index (χ1v) is 45.4. The van der Waals surface area contributed by atoms with Crippen LogP contribution in [0.1, 0.15) is 58.4 Å². The van der Waals surface area contributed by atoms with Crippen LogP contribution in [-0.2, 0) is 18.3 Å². The molecule has 0 N–H and O–H groups in total. The fraction of sp³-hybridized carbons (Fsp3) is 0.0720. The highest BCUT2D eigenvalue weighted by molar-refractivity contribution is 7.17. The van der Waals surface area contributed by atoms with E-state index < -0.39 is 0 Å². The zero-order valence-corrected chi connectivity index (χ0v) is 72.1. The molecule has 0 saturated heterocycles. The molecule has 1 heteroatoms. The maximum Gasteiger partial charge on any atom is 0.0349 e. The Labute approximate surface area is 736 Å². The third kappa shape index (κ3) is 11.4. The van der Waals surface area contributed by atoms with Crippen molar-refractivity contribution < 1.29 is 0 Å². The molecule has 0 aliphatic heterocycles. The lowest BCUT2D eigenvalue weighted by atomic mass is 9.82. The summed E-state index contributed by atoms with van der Waals surface area (Å²) in [6.45, 7) is 13.5. The molecule has 2 aliphatic carbocycles. The normalized spacial score (nSPS) is 12.8. The van der Waals surface area contributed by atoms with E-state index in [2.05, 4.69) is 429 Å². The molecule has 0 bridgehead atoms. The van der Waals surface area contributed by atoms with Gasteiger partial charge in [0.1, 0.15) is 0 Å². The molecule has 0 spiro atoms. The monoisotopic (exact) mass is 1620 g/mol. The maximum absolute atomic E-state index is 2.42. The van der Waals surface area contributed by atoms with Gasteiger partial charge < -0.3 is 0 Å². The van der Waals surface area contributed by atoms with Crippen LogP contribution in [0.4, 0.5) is 0 Å². The van der Waals surface area contributed by atoms with Crippen LogP contribution >= 0.6 is 11.3 Å². The van der Waals surface area contributed by atoms with Crippen molar-refractivity contribution in [2.75, 3.05) is 0 Å². The molecular formula is C125H86S. The molecule has 0 saturated carbocycles. The van der Waals surface area contributed by atoms with E-state index in [0.29, 0.717) is 0 Å². The van der Waals surface area contributed by atoms with Crippen molar-refractivity contribution in [3.63, 3.8) is 0 Å². The van der Waals surface area contributed by atoms with E-state index in [1.54, 1.807) is 0 Å². The first-order valence-electron chi connectivity index (χ1n) is 44.5. The summed E-state index contributed by atoms with van der Waals surface area (Å²) in [5, 5.41) is 41.5. The smallest absolute Gasteiger partial charge is 0.0349 e. The molecule has 0 atom stereocenters. The summed E-state index contributed by atoms with van der Waals surface area (Å²) in [7, 11) is 0. The summed E-state index contributed by atoms with van der Waals surface area (Å²) in [6, 6.07) is 143. The van der Waals surface area contributed by atoms with Crippen molar-refractivity contribution in [2.45, 2.75) is 59.8 Å². The van der Waals surface area contributed by atoms with Crippen LogP contribution in [0.15, 0.2) is 388 Å². The molecule has 0 unspecified atom stereocenters. The van der Waals surface area contributed by atoms with E-state index in [1.807, 2.05) is 11.3 Å². The van der Waals surface area contributed by atoms with Crippen LogP contribution in [0.5, 0.6) is 0 Å². The fourth-order valence-corrected chi connectivity index (χ4v) is 23.5. The number of aryl methyl sites for hydroxylation is 6. The summed E-state index contributed by atoms with van der Waals surface area (Å²) in [5.41, 5.74) is 29.6. The third-order valence-corrected chi connectivity index (χ3v) is 29.7. The lowest BCUT2D eigenvalue weighted by Gasteiger charge is -2.21. The summed E-state index contributed by atoms with van der Waals surface area (Å²) < 4.78 is 1.35. The Hall–Kier alpha value is -14.9. The highest BCUT2D eigenvalue weighted by Crippen LogP contribution is 2.53. The van der Waals surface area contributed by atoms with Gasteiger partial charge in [0.15, 0.2) is 0 Å². The predicted octanol–water partition coefficient (Wildman–Crippen LogP) is 35.5. The van der Waals surface area contributed by atoms with Gasteiger partial charge in [0.25, 0.3) is 0 Å². The first-order chi connectivity index (χ1) is 61.9. The number of hydrogen-bond acceptors (Lipinski definition) is 1. The molecule has 28 rings (SSSR count). The molecule has 26 aromatic rings. The average molecular weight is 1620 g/mol. The Morgan fingerprint density at radius 2 is 0.571 bits per heavy atom. The van der Waals surface area contributed by atoms with Crippen LogP contribution in [-0.4, -0.2) is 0 Å². The van der Waals surface area contributed by atoms with Crippen molar-refractivity contribution in [1.82, 2.24) is 0 Å². The van der Waals surface area contributed by atoms with E-state index >= 15 is 0 Å². The molecule has 1 heterocycles. The lowest BCUT2D eigenvalue weighted by molar-refractivity contribution is 0.660. The van der Waals surface area contributed by atoms with Crippen LogP contribution < -0.4 is 0 Å². The van der Waals surface area contributed by atoms with E-state index in [4.69, 9.17) is 0 Å². The van der Waals surface area contributed by atoms with Gasteiger partial charge in [0.2, 0.25) is 0 Å². The van der Waals surface area contributed by atoms with E-state index in [-0.39, 0.29) is 5.41 Å². The van der Waals surface area contributed by atoms with Gasteiger partial charge in [-0.2, -0.15) is 0 Å². The Kier molecular flexibility index (Phi) is 16.8. The SMILES string of the molecule is Cc1ccc(-c2ccc3ccc4c(-c5ccc6ccccc6c5)ccc5ccc2c3c54)c(-c2ccccc2)c1.Cc1ccc2ccc3c(-c4ccc5c(c4)-c4ccccc4C5(C)C)ccc4ccc1c2c43.Cc1ccc2ccc3c(-c4ccc5c6c(cccc46)CC5)ccc4ccc1c2c43.Cc1ccc2ccc3c(-c4csc5ccccc45)ccc4ccc1c2c43. The van der Waals surface area contributed by atoms with Gasteiger partial charge in [-0.05, 0) is 326 Å². The lowest BCUT2D eigenvalue weighted by Crippen LogP contribution is -2.14. The van der Waals surface area contributed by atoms with Gasteiger partial charge in [-0.25, -0.2) is 0 Å². The van der Waals surface area contributed by atoms with Crippen molar-refractivity contribution in [1.29, 1.82) is 0 Å².